The summed E-state index contributed by atoms with van der Waals surface area (Å²) in [6.45, 7) is 0.910. The maximum atomic E-state index is 10.9. The van der Waals surface area contributed by atoms with Crippen molar-refractivity contribution in [3.8, 4) is 12.1 Å². The van der Waals surface area contributed by atoms with Gasteiger partial charge in [-0.05, 0) is 18.6 Å². The highest BCUT2D eigenvalue weighted by atomic mass is 16.4. The maximum absolute atomic E-state index is 10.9. The molecule has 1 fully saturated rings. The molecule has 1 aliphatic rings. The molecule has 1 unspecified atom stereocenters. The van der Waals surface area contributed by atoms with Crippen LogP contribution in [0.15, 0.2) is 18.2 Å². The Labute approximate surface area is 104 Å². The second-order valence-electron chi connectivity index (χ2n) is 4.20. The molecular weight excluding hydrogens is 230 g/mol. The molecule has 2 rings (SSSR count). The normalized spacial score (nSPS) is 18.1. The fraction of sp³-hybridized carbons (Fsp3) is 0.308. The maximum Gasteiger partial charge on any atom is 0.308 e. The summed E-state index contributed by atoms with van der Waals surface area (Å²) in [5.74, 6) is -1.26. The van der Waals surface area contributed by atoms with Gasteiger partial charge in [-0.2, -0.15) is 10.5 Å². The Hall–Kier alpha value is -2.53. The zero-order valence-corrected chi connectivity index (χ0v) is 9.63. The van der Waals surface area contributed by atoms with Crippen LogP contribution in [0.25, 0.3) is 0 Å². The fourth-order valence-electron chi connectivity index (χ4n) is 2.23. The van der Waals surface area contributed by atoms with Gasteiger partial charge >= 0.3 is 5.97 Å². The number of rotatable bonds is 2. The van der Waals surface area contributed by atoms with E-state index in [-0.39, 0.29) is 0 Å². The number of nitrogens with zero attached hydrogens (tertiary/aromatic N) is 3. The summed E-state index contributed by atoms with van der Waals surface area (Å²) in [4.78, 5) is 12.7. The molecule has 0 aliphatic carbocycles. The summed E-state index contributed by atoms with van der Waals surface area (Å²) in [6, 6.07) is 9.05. The lowest BCUT2D eigenvalue weighted by atomic mass is 10.1. The second-order valence-corrected chi connectivity index (χ2v) is 4.20. The van der Waals surface area contributed by atoms with Crippen molar-refractivity contribution < 1.29 is 9.90 Å². The van der Waals surface area contributed by atoms with Gasteiger partial charge in [-0.25, -0.2) is 0 Å². The fourth-order valence-corrected chi connectivity index (χ4v) is 2.23. The van der Waals surface area contributed by atoms with Gasteiger partial charge in [0.2, 0.25) is 0 Å². The number of carbonyl (C=O) groups is 1. The van der Waals surface area contributed by atoms with Crippen LogP contribution in [0, 0.1) is 28.6 Å². The number of aliphatic carboxylic acids is 1. The Morgan fingerprint density at radius 1 is 1.33 bits per heavy atom. The van der Waals surface area contributed by atoms with E-state index in [9.17, 15) is 4.79 Å². The Morgan fingerprint density at radius 2 is 1.94 bits per heavy atom. The molecule has 1 heterocycles. The molecule has 0 saturated carbocycles. The van der Waals surface area contributed by atoms with E-state index in [0.29, 0.717) is 36.3 Å². The molecule has 0 radical (unpaired) electrons. The minimum Gasteiger partial charge on any atom is -0.481 e. The summed E-state index contributed by atoms with van der Waals surface area (Å²) in [6.07, 6.45) is 0.542. The molecule has 90 valence electrons. The van der Waals surface area contributed by atoms with E-state index < -0.39 is 11.9 Å². The highest BCUT2D eigenvalue weighted by Gasteiger charge is 2.30. The van der Waals surface area contributed by atoms with Crippen LogP contribution in [0.1, 0.15) is 17.5 Å². The number of para-hydroxylation sites is 1. The molecular formula is C13H11N3O2. The van der Waals surface area contributed by atoms with E-state index in [1.54, 1.807) is 18.2 Å². The van der Waals surface area contributed by atoms with Gasteiger partial charge in [0, 0.05) is 13.1 Å². The molecule has 0 bridgehead atoms. The van der Waals surface area contributed by atoms with Crippen molar-refractivity contribution in [2.75, 3.05) is 18.0 Å². The molecule has 5 nitrogen and oxygen atoms in total. The quantitative estimate of drug-likeness (QED) is 0.844. The van der Waals surface area contributed by atoms with Gasteiger partial charge in [-0.3, -0.25) is 4.79 Å². The van der Waals surface area contributed by atoms with Crippen molar-refractivity contribution in [3.05, 3.63) is 29.3 Å². The predicted molar refractivity (Wildman–Crippen MR) is 63.8 cm³/mol. The standard InChI is InChI=1S/C13H11N3O2/c14-6-9-2-1-3-10(7-15)12(9)16-5-4-11(8-16)13(17)18/h1-3,11H,4-5,8H2,(H,17,18). The monoisotopic (exact) mass is 241 g/mol. The molecule has 0 aromatic heterocycles. The van der Waals surface area contributed by atoms with E-state index in [1.165, 1.54) is 0 Å². The van der Waals surface area contributed by atoms with Gasteiger partial charge in [-0.15, -0.1) is 0 Å². The second kappa shape index (κ2) is 4.77. The SMILES string of the molecule is N#Cc1cccc(C#N)c1N1CCC(C(=O)O)C1. The van der Waals surface area contributed by atoms with Gasteiger partial charge in [0.1, 0.15) is 12.1 Å². The third kappa shape index (κ3) is 1.99. The Morgan fingerprint density at radius 3 is 2.39 bits per heavy atom. The first-order chi connectivity index (χ1) is 8.67. The number of carboxylic acid groups (broad SMARTS) is 1. The Bertz CT molecular complexity index is 536. The van der Waals surface area contributed by atoms with E-state index in [2.05, 4.69) is 12.1 Å². The molecule has 1 aromatic carbocycles. The lowest BCUT2D eigenvalue weighted by Crippen LogP contribution is -2.24. The summed E-state index contributed by atoms with van der Waals surface area (Å²) in [7, 11) is 0. The van der Waals surface area contributed by atoms with Crippen LogP contribution in [-0.2, 0) is 4.79 Å². The molecule has 5 heteroatoms. The number of benzene rings is 1. The van der Waals surface area contributed by atoms with Crippen molar-refractivity contribution in [2.45, 2.75) is 6.42 Å². The first-order valence-electron chi connectivity index (χ1n) is 5.58. The molecule has 1 N–H and O–H groups in total. The lowest BCUT2D eigenvalue weighted by molar-refractivity contribution is -0.140. The van der Waals surface area contributed by atoms with Crippen LogP contribution < -0.4 is 4.90 Å². The number of nitriles is 2. The highest BCUT2D eigenvalue weighted by molar-refractivity contribution is 5.74. The number of hydrogen-bond acceptors (Lipinski definition) is 4. The van der Waals surface area contributed by atoms with Gasteiger partial charge in [0.15, 0.2) is 0 Å². The van der Waals surface area contributed by atoms with Gasteiger partial charge < -0.3 is 10.0 Å². The lowest BCUT2D eigenvalue weighted by Gasteiger charge is -2.20. The minimum absolute atomic E-state index is 0.350. The Balaban J connectivity index is 2.38. The predicted octanol–water partition coefficient (Wildman–Crippen LogP) is 1.34. The average molecular weight is 241 g/mol. The number of carboxylic acids is 1. The smallest absolute Gasteiger partial charge is 0.308 e. The topological polar surface area (TPSA) is 88.1 Å². The van der Waals surface area contributed by atoms with Crippen molar-refractivity contribution >= 4 is 11.7 Å². The molecule has 18 heavy (non-hydrogen) atoms. The third-order valence-electron chi connectivity index (χ3n) is 3.13. The van der Waals surface area contributed by atoms with Gasteiger partial charge in [-0.1, -0.05) is 6.07 Å². The van der Waals surface area contributed by atoms with Crippen LogP contribution in [-0.4, -0.2) is 24.2 Å². The molecule has 1 aliphatic heterocycles. The molecule has 1 aromatic rings. The summed E-state index contributed by atoms with van der Waals surface area (Å²) >= 11 is 0. The molecule has 1 atom stereocenters. The summed E-state index contributed by atoms with van der Waals surface area (Å²) in [5.41, 5.74) is 1.39. The zero-order chi connectivity index (χ0) is 13.1. The summed E-state index contributed by atoms with van der Waals surface area (Å²) < 4.78 is 0. The number of hydrogen-bond donors (Lipinski definition) is 1. The van der Waals surface area contributed by atoms with E-state index in [0.717, 1.165) is 0 Å². The first-order valence-corrected chi connectivity index (χ1v) is 5.58. The summed E-state index contributed by atoms with van der Waals surface area (Å²) in [5, 5.41) is 27.1. The van der Waals surface area contributed by atoms with Gasteiger partial charge in [0.25, 0.3) is 0 Å². The molecule has 0 amide bonds. The van der Waals surface area contributed by atoms with E-state index in [1.807, 2.05) is 4.90 Å². The van der Waals surface area contributed by atoms with Gasteiger partial charge in [0.05, 0.1) is 22.7 Å². The highest BCUT2D eigenvalue weighted by Crippen LogP contribution is 2.30. The van der Waals surface area contributed by atoms with Crippen molar-refractivity contribution in [3.63, 3.8) is 0 Å². The molecule has 1 saturated heterocycles. The average Bonchev–Trinajstić information content (AvgIpc) is 2.87. The van der Waals surface area contributed by atoms with Crippen LogP contribution in [0.2, 0.25) is 0 Å². The minimum atomic E-state index is -0.828. The number of anilines is 1. The van der Waals surface area contributed by atoms with Crippen LogP contribution in [0.4, 0.5) is 5.69 Å². The van der Waals surface area contributed by atoms with Crippen molar-refractivity contribution in [2.24, 2.45) is 5.92 Å². The van der Waals surface area contributed by atoms with Crippen molar-refractivity contribution in [1.29, 1.82) is 10.5 Å². The van der Waals surface area contributed by atoms with E-state index >= 15 is 0 Å². The van der Waals surface area contributed by atoms with Crippen molar-refractivity contribution in [1.82, 2.24) is 0 Å². The first kappa shape index (κ1) is 11.9. The Kier molecular flexibility index (Phi) is 3.16. The third-order valence-corrected chi connectivity index (χ3v) is 3.13. The van der Waals surface area contributed by atoms with E-state index in [4.69, 9.17) is 15.6 Å². The van der Waals surface area contributed by atoms with Crippen LogP contribution >= 0.6 is 0 Å². The zero-order valence-electron chi connectivity index (χ0n) is 9.63. The largest absolute Gasteiger partial charge is 0.481 e. The van der Waals surface area contributed by atoms with Crippen LogP contribution in [0.3, 0.4) is 0 Å². The molecule has 0 spiro atoms. The van der Waals surface area contributed by atoms with Crippen LogP contribution in [0.5, 0.6) is 0 Å².